The lowest BCUT2D eigenvalue weighted by Crippen LogP contribution is -1.98. The van der Waals surface area contributed by atoms with Gasteiger partial charge in [0.1, 0.15) is 17.5 Å². The molecule has 0 aliphatic carbocycles. The van der Waals surface area contributed by atoms with Crippen LogP contribution in [0.3, 0.4) is 0 Å². The summed E-state index contributed by atoms with van der Waals surface area (Å²) in [6, 6.07) is 15.4. The minimum atomic E-state index is -1.69. The summed E-state index contributed by atoms with van der Waals surface area (Å²) in [5, 5.41) is 0.0313. The molecule has 0 aliphatic rings. The van der Waals surface area contributed by atoms with Gasteiger partial charge in [0, 0.05) is 21.9 Å². The van der Waals surface area contributed by atoms with Gasteiger partial charge in [-0.05, 0) is 58.3 Å². The topological polar surface area (TPSA) is 0 Å². The SMILES string of the molecule is Fc1ccc2c(-c3ccccc3)c3c(F)ccc(F)c3c(-c3cc(F)c(F)c(F)c3)c2c1. The van der Waals surface area contributed by atoms with E-state index in [0.29, 0.717) is 28.6 Å². The Kier molecular flexibility index (Phi) is 4.66. The molecule has 5 aromatic rings. The van der Waals surface area contributed by atoms with Crippen LogP contribution in [0.2, 0.25) is 0 Å². The van der Waals surface area contributed by atoms with E-state index in [4.69, 9.17) is 0 Å². The van der Waals surface area contributed by atoms with E-state index in [1.165, 1.54) is 6.07 Å². The predicted octanol–water partition coefficient (Wildman–Crippen LogP) is 8.16. The Hall–Kier alpha value is -3.80. The first kappa shape index (κ1) is 20.1. The van der Waals surface area contributed by atoms with Crippen LogP contribution in [0.1, 0.15) is 0 Å². The van der Waals surface area contributed by atoms with Crippen LogP contribution in [0, 0.1) is 34.9 Å². The Bertz CT molecular complexity index is 1500. The van der Waals surface area contributed by atoms with Crippen molar-refractivity contribution < 1.29 is 26.3 Å². The molecule has 5 rings (SSSR count). The highest BCUT2D eigenvalue weighted by Crippen LogP contribution is 2.45. The molecule has 32 heavy (non-hydrogen) atoms. The second kappa shape index (κ2) is 7.41. The third-order valence-corrected chi connectivity index (χ3v) is 5.46. The standard InChI is InChI=1S/C26H12F6/c27-15-6-7-16-17(12-15)23(14-10-20(30)26(32)21(31)11-14)25-19(29)9-8-18(28)24(25)22(16)13-4-2-1-3-5-13/h1-12H. The third kappa shape index (κ3) is 3.02. The number of hydrogen-bond acceptors (Lipinski definition) is 0. The van der Waals surface area contributed by atoms with Gasteiger partial charge >= 0.3 is 0 Å². The van der Waals surface area contributed by atoms with Gasteiger partial charge in [-0.15, -0.1) is 0 Å². The Morgan fingerprint density at radius 1 is 0.438 bits per heavy atom. The molecule has 0 amide bonds. The average molecular weight is 438 g/mol. The monoisotopic (exact) mass is 438 g/mol. The molecule has 0 nitrogen and oxygen atoms in total. The second-order valence-electron chi connectivity index (χ2n) is 7.34. The highest BCUT2D eigenvalue weighted by Gasteiger charge is 2.23. The maximum absolute atomic E-state index is 15.2. The van der Waals surface area contributed by atoms with E-state index in [9.17, 15) is 17.6 Å². The summed E-state index contributed by atoms with van der Waals surface area (Å²) in [7, 11) is 0. The molecule has 0 N–H and O–H groups in total. The molecule has 0 fully saturated rings. The lowest BCUT2D eigenvalue weighted by atomic mass is 9.85. The number of hydrogen-bond donors (Lipinski definition) is 0. The molecule has 6 heteroatoms. The van der Waals surface area contributed by atoms with Gasteiger partial charge in [0.2, 0.25) is 0 Å². The maximum Gasteiger partial charge on any atom is 0.194 e. The zero-order valence-electron chi connectivity index (χ0n) is 16.2. The molecule has 0 saturated heterocycles. The minimum absolute atomic E-state index is 0.103. The van der Waals surface area contributed by atoms with Crippen LogP contribution in [0.4, 0.5) is 26.3 Å². The Labute approximate surface area is 178 Å². The molecule has 0 atom stereocenters. The smallest absolute Gasteiger partial charge is 0.194 e. The van der Waals surface area contributed by atoms with Crippen LogP contribution < -0.4 is 0 Å². The van der Waals surface area contributed by atoms with Crippen LogP contribution in [0.5, 0.6) is 0 Å². The van der Waals surface area contributed by atoms with Crippen molar-refractivity contribution in [1.29, 1.82) is 0 Å². The van der Waals surface area contributed by atoms with Crippen molar-refractivity contribution in [2.45, 2.75) is 0 Å². The van der Waals surface area contributed by atoms with Crippen molar-refractivity contribution in [3.63, 3.8) is 0 Å². The molecule has 0 unspecified atom stereocenters. The van der Waals surface area contributed by atoms with Crippen molar-refractivity contribution in [2.75, 3.05) is 0 Å². The van der Waals surface area contributed by atoms with Crippen LogP contribution in [0.25, 0.3) is 43.8 Å². The normalized spacial score (nSPS) is 11.4. The quantitative estimate of drug-likeness (QED) is 0.148. The second-order valence-corrected chi connectivity index (χ2v) is 7.34. The number of rotatable bonds is 2. The Balaban J connectivity index is 2.09. The minimum Gasteiger partial charge on any atom is -0.207 e. The van der Waals surface area contributed by atoms with E-state index in [-0.39, 0.29) is 27.3 Å². The molecule has 5 aromatic carbocycles. The molecule has 0 heterocycles. The first-order valence-electron chi connectivity index (χ1n) is 9.60. The number of benzene rings is 5. The molecule has 0 bridgehead atoms. The Morgan fingerprint density at radius 3 is 1.59 bits per heavy atom. The molecule has 0 aromatic heterocycles. The fourth-order valence-electron chi connectivity index (χ4n) is 4.16. The van der Waals surface area contributed by atoms with E-state index in [1.54, 1.807) is 30.3 Å². The fraction of sp³-hybridized carbons (Fsp3) is 0. The van der Waals surface area contributed by atoms with Crippen molar-refractivity contribution in [3.05, 3.63) is 108 Å². The third-order valence-electron chi connectivity index (χ3n) is 5.46. The molecular weight excluding hydrogens is 426 g/mol. The molecule has 0 aliphatic heterocycles. The average Bonchev–Trinajstić information content (AvgIpc) is 2.78. The van der Waals surface area contributed by atoms with Gasteiger partial charge in [-0.2, -0.15) is 0 Å². The molecule has 0 saturated carbocycles. The van der Waals surface area contributed by atoms with Gasteiger partial charge < -0.3 is 0 Å². The van der Waals surface area contributed by atoms with Crippen LogP contribution in [0.15, 0.2) is 72.8 Å². The van der Waals surface area contributed by atoms with Crippen molar-refractivity contribution in [1.82, 2.24) is 0 Å². The van der Waals surface area contributed by atoms with Crippen LogP contribution >= 0.6 is 0 Å². The summed E-state index contributed by atoms with van der Waals surface area (Å²) in [5.41, 5.74) is 0.469. The molecule has 0 spiro atoms. The van der Waals surface area contributed by atoms with Crippen LogP contribution in [-0.4, -0.2) is 0 Å². The van der Waals surface area contributed by atoms with E-state index < -0.39 is 34.9 Å². The summed E-state index contributed by atoms with van der Waals surface area (Å²) >= 11 is 0. The van der Waals surface area contributed by atoms with Gasteiger partial charge in [0.05, 0.1) is 0 Å². The summed E-state index contributed by atoms with van der Waals surface area (Å²) in [6.45, 7) is 0. The van der Waals surface area contributed by atoms with Crippen molar-refractivity contribution in [3.8, 4) is 22.3 Å². The first-order valence-corrected chi connectivity index (χ1v) is 9.60. The van der Waals surface area contributed by atoms with E-state index >= 15 is 8.78 Å². The summed E-state index contributed by atoms with van der Waals surface area (Å²) in [5.74, 6) is -7.01. The van der Waals surface area contributed by atoms with Crippen molar-refractivity contribution >= 4 is 21.5 Å². The van der Waals surface area contributed by atoms with Crippen LogP contribution in [-0.2, 0) is 0 Å². The van der Waals surface area contributed by atoms with E-state index in [2.05, 4.69) is 0 Å². The van der Waals surface area contributed by atoms with Crippen molar-refractivity contribution in [2.24, 2.45) is 0 Å². The molecule has 0 radical (unpaired) electrons. The zero-order valence-corrected chi connectivity index (χ0v) is 16.2. The van der Waals surface area contributed by atoms with E-state index in [1.807, 2.05) is 0 Å². The van der Waals surface area contributed by atoms with Gasteiger partial charge in [-0.3, -0.25) is 0 Å². The maximum atomic E-state index is 15.2. The fourth-order valence-corrected chi connectivity index (χ4v) is 4.16. The van der Waals surface area contributed by atoms with Gasteiger partial charge in [0.15, 0.2) is 17.5 Å². The predicted molar refractivity (Wildman–Crippen MR) is 112 cm³/mol. The summed E-state index contributed by atoms with van der Waals surface area (Å²) < 4.78 is 86.4. The highest BCUT2D eigenvalue weighted by atomic mass is 19.2. The van der Waals surface area contributed by atoms with E-state index in [0.717, 1.165) is 24.3 Å². The number of halogens is 6. The van der Waals surface area contributed by atoms with Gasteiger partial charge in [-0.1, -0.05) is 36.4 Å². The number of fused-ring (bicyclic) bond motifs is 2. The summed E-state index contributed by atoms with van der Waals surface area (Å²) in [6.07, 6.45) is 0. The molecule has 158 valence electrons. The van der Waals surface area contributed by atoms with Gasteiger partial charge in [0.25, 0.3) is 0 Å². The lowest BCUT2D eigenvalue weighted by molar-refractivity contribution is 0.448. The highest BCUT2D eigenvalue weighted by molar-refractivity contribution is 6.21. The van der Waals surface area contributed by atoms with Gasteiger partial charge in [-0.25, -0.2) is 26.3 Å². The zero-order chi connectivity index (χ0) is 22.6. The first-order chi connectivity index (χ1) is 15.4. The summed E-state index contributed by atoms with van der Waals surface area (Å²) in [4.78, 5) is 0. The molecular formula is C26H12F6. The Morgan fingerprint density at radius 2 is 1.00 bits per heavy atom. The largest absolute Gasteiger partial charge is 0.207 e. The lowest BCUT2D eigenvalue weighted by Gasteiger charge is -2.19.